The van der Waals surface area contributed by atoms with E-state index in [0.29, 0.717) is 31.2 Å². The highest BCUT2D eigenvalue weighted by Gasteiger charge is 2.47. The molecular weight excluding hydrogens is 462 g/mol. The average Bonchev–Trinajstić information content (AvgIpc) is 3.63. The number of benzene rings is 2. The van der Waals surface area contributed by atoms with Gasteiger partial charge in [-0.2, -0.15) is 0 Å². The van der Waals surface area contributed by atoms with E-state index in [1.54, 1.807) is 0 Å². The summed E-state index contributed by atoms with van der Waals surface area (Å²) in [4.78, 5) is 28.5. The van der Waals surface area contributed by atoms with Gasteiger partial charge < -0.3 is 9.47 Å². The Kier molecular flexibility index (Phi) is 8.25. The molecule has 5 atom stereocenters. The number of carbonyl (C=O) groups is 2. The number of epoxide rings is 1. The minimum Gasteiger partial charge on any atom is -0.378 e. The highest BCUT2D eigenvalue weighted by molar-refractivity contribution is 6.22. The van der Waals surface area contributed by atoms with E-state index in [1.165, 1.54) is 16.0 Å². The first-order valence-corrected chi connectivity index (χ1v) is 13.7. The topological polar surface area (TPSA) is 59.1 Å². The molecule has 5 unspecified atom stereocenters. The second kappa shape index (κ2) is 11.1. The van der Waals surface area contributed by atoms with E-state index in [-0.39, 0.29) is 41.1 Å². The van der Waals surface area contributed by atoms with Gasteiger partial charge in [0.05, 0.1) is 24.8 Å². The fourth-order valence-corrected chi connectivity index (χ4v) is 5.51. The predicted octanol–water partition coefficient (Wildman–Crippen LogP) is 6.34. The van der Waals surface area contributed by atoms with Crippen LogP contribution in [0.3, 0.4) is 0 Å². The summed E-state index contributed by atoms with van der Waals surface area (Å²) in [7, 11) is 0. The monoisotopic (exact) mass is 505 g/mol. The molecule has 200 valence electrons. The Balaban J connectivity index is 1.55. The van der Waals surface area contributed by atoms with E-state index < -0.39 is 0 Å². The van der Waals surface area contributed by atoms with Gasteiger partial charge in [-0.3, -0.25) is 9.59 Å². The molecule has 2 saturated heterocycles. The van der Waals surface area contributed by atoms with Crippen molar-refractivity contribution < 1.29 is 19.1 Å². The standard InChI is InChI=1S/C32H43NO4/c1-20-8-13-29(22(3)14-20)33-30(34)23(4)28(31(33)35)16-25(15-21(2)17-36-18-27-19-37-27)24-9-11-26(12-10-24)32(5,6)7/h8-14,21,23,25,27-28H,15-19H2,1-7H3. The number of carbonyl (C=O) groups excluding carboxylic acids is 2. The van der Waals surface area contributed by atoms with Crippen LogP contribution in [0.15, 0.2) is 42.5 Å². The van der Waals surface area contributed by atoms with Gasteiger partial charge in [0.25, 0.3) is 0 Å². The minimum absolute atomic E-state index is 0.0736. The first-order valence-electron chi connectivity index (χ1n) is 13.7. The fourth-order valence-electron chi connectivity index (χ4n) is 5.51. The Bertz CT molecular complexity index is 1110. The van der Waals surface area contributed by atoms with Crippen LogP contribution in [0.4, 0.5) is 5.69 Å². The molecule has 37 heavy (non-hydrogen) atoms. The minimum atomic E-state index is -0.344. The van der Waals surface area contributed by atoms with Crippen molar-refractivity contribution in [1.82, 2.24) is 0 Å². The lowest BCUT2D eigenvalue weighted by Gasteiger charge is -2.26. The van der Waals surface area contributed by atoms with Gasteiger partial charge in [-0.25, -0.2) is 4.90 Å². The molecule has 4 rings (SSSR count). The molecule has 2 aromatic rings. The summed E-state index contributed by atoms with van der Waals surface area (Å²) in [6.07, 6.45) is 1.80. The Morgan fingerprint density at radius 2 is 1.73 bits per heavy atom. The highest BCUT2D eigenvalue weighted by atomic mass is 16.6. The number of rotatable bonds is 10. The summed E-state index contributed by atoms with van der Waals surface area (Å²) in [6.45, 7) is 16.9. The lowest BCUT2D eigenvalue weighted by Crippen LogP contribution is -2.31. The summed E-state index contributed by atoms with van der Waals surface area (Å²) >= 11 is 0. The van der Waals surface area contributed by atoms with E-state index in [0.717, 1.165) is 24.2 Å². The molecule has 0 aliphatic carbocycles. The van der Waals surface area contributed by atoms with E-state index in [9.17, 15) is 9.59 Å². The maximum absolute atomic E-state index is 13.7. The first-order chi connectivity index (χ1) is 17.5. The molecule has 2 amide bonds. The lowest BCUT2D eigenvalue weighted by molar-refractivity contribution is -0.122. The maximum Gasteiger partial charge on any atom is 0.237 e. The van der Waals surface area contributed by atoms with E-state index in [2.05, 4.69) is 52.0 Å². The van der Waals surface area contributed by atoms with Crippen molar-refractivity contribution in [3.8, 4) is 0 Å². The molecule has 0 bridgehead atoms. The molecule has 0 saturated carbocycles. The number of imide groups is 1. The molecule has 0 radical (unpaired) electrons. The van der Waals surface area contributed by atoms with E-state index >= 15 is 0 Å². The normalized spacial score (nSPS) is 23.4. The second-order valence-electron chi connectivity index (χ2n) is 12.3. The van der Waals surface area contributed by atoms with Crippen LogP contribution >= 0.6 is 0 Å². The van der Waals surface area contributed by atoms with Crippen molar-refractivity contribution in [3.05, 3.63) is 64.7 Å². The van der Waals surface area contributed by atoms with Crippen LogP contribution in [0.1, 0.15) is 75.6 Å². The highest BCUT2D eigenvalue weighted by Crippen LogP contribution is 2.40. The lowest BCUT2D eigenvalue weighted by atomic mass is 9.78. The number of aryl methyl sites for hydroxylation is 2. The molecular formula is C32H43NO4. The molecule has 2 aliphatic rings. The molecule has 5 nitrogen and oxygen atoms in total. The molecule has 2 fully saturated rings. The van der Waals surface area contributed by atoms with Crippen molar-refractivity contribution in [3.63, 3.8) is 0 Å². The summed E-state index contributed by atoms with van der Waals surface area (Å²) in [6, 6.07) is 14.7. The second-order valence-corrected chi connectivity index (χ2v) is 12.3. The molecule has 0 N–H and O–H groups in total. The Morgan fingerprint density at radius 1 is 1.05 bits per heavy atom. The smallest absolute Gasteiger partial charge is 0.237 e. The first kappa shape index (κ1) is 27.5. The van der Waals surface area contributed by atoms with Crippen molar-refractivity contribution in [1.29, 1.82) is 0 Å². The zero-order valence-corrected chi connectivity index (χ0v) is 23.5. The van der Waals surface area contributed by atoms with Crippen molar-refractivity contribution in [2.75, 3.05) is 24.7 Å². The molecule has 5 heteroatoms. The quantitative estimate of drug-likeness (QED) is 0.279. The van der Waals surface area contributed by atoms with Crippen molar-refractivity contribution >= 4 is 17.5 Å². The van der Waals surface area contributed by atoms with Gasteiger partial charge in [0.1, 0.15) is 6.10 Å². The largest absolute Gasteiger partial charge is 0.378 e. The number of hydrogen-bond donors (Lipinski definition) is 0. The SMILES string of the molecule is Cc1ccc(N2C(=O)C(C)C(CC(CC(C)COCC3CO3)c3ccc(C(C)(C)C)cc3)C2=O)c(C)c1. The predicted molar refractivity (Wildman–Crippen MR) is 148 cm³/mol. The third kappa shape index (κ3) is 6.50. The van der Waals surface area contributed by atoms with E-state index in [4.69, 9.17) is 9.47 Å². The Hall–Kier alpha value is -2.50. The van der Waals surface area contributed by atoms with Crippen LogP contribution in [0.5, 0.6) is 0 Å². The van der Waals surface area contributed by atoms with Gasteiger partial charge in [0.2, 0.25) is 11.8 Å². The third-order valence-electron chi connectivity index (χ3n) is 7.93. The third-order valence-corrected chi connectivity index (χ3v) is 7.93. The molecule has 2 aliphatic heterocycles. The van der Waals surface area contributed by atoms with Gasteiger partial charge in [0.15, 0.2) is 0 Å². The number of ether oxygens (including phenoxy) is 2. The van der Waals surface area contributed by atoms with Crippen LogP contribution < -0.4 is 4.90 Å². The molecule has 2 heterocycles. The Labute approximate surface area is 222 Å². The molecule has 2 aromatic carbocycles. The number of hydrogen-bond acceptors (Lipinski definition) is 4. The van der Waals surface area contributed by atoms with Crippen LogP contribution in [0.25, 0.3) is 0 Å². The summed E-state index contributed by atoms with van der Waals surface area (Å²) < 4.78 is 11.2. The van der Waals surface area contributed by atoms with Crippen molar-refractivity contribution in [2.45, 2.75) is 78.7 Å². The van der Waals surface area contributed by atoms with Gasteiger partial charge in [-0.05, 0) is 66.7 Å². The summed E-state index contributed by atoms with van der Waals surface area (Å²) in [5.41, 5.74) is 5.38. The number of nitrogens with zero attached hydrogens (tertiary/aromatic N) is 1. The van der Waals surface area contributed by atoms with Crippen molar-refractivity contribution in [2.24, 2.45) is 17.8 Å². The maximum atomic E-state index is 13.7. The van der Waals surface area contributed by atoms with Gasteiger partial charge in [0, 0.05) is 12.5 Å². The zero-order valence-electron chi connectivity index (χ0n) is 23.5. The van der Waals surface area contributed by atoms with Crippen LogP contribution in [-0.4, -0.2) is 37.7 Å². The molecule has 0 aromatic heterocycles. The van der Waals surface area contributed by atoms with Gasteiger partial charge in [-0.1, -0.05) is 76.6 Å². The summed E-state index contributed by atoms with van der Waals surface area (Å²) in [5.74, 6) is -0.367. The van der Waals surface area contributed by atoms with Crippen LogP contribution in [-0.2, 0) is 24.5 Å². The van der Waals surface area contributed by atoms with Gasteiger partial charge in [-0.15, -0.1) is 0 Å². The van der Waals surface area contributed by atoms with Crippen LogP contribution in [0, 0.1) is 31.6 Å². The van der Waals surface area contributed by atoms with Crippen LogP contribution in [0.2, 0.25) is 0 Å². The average molecular weight is 506 g/mol. The fraction of sp³-hybridized carbons (Fsp3) is 0.562. The van der Waals surface area contributed by atoms with Gasteiger partial charge >= 0.3 is 0 Å². The zero-order chi connectivity index (χ0) is 26.9. The number of anilines is 1. The Morgan fingerprint density at radius 3 is 2.32 bits per heavy atom. The number of amides is 2. The van der Waals surface area contributed by atoms with E-state index in [1.807, 2.05) is 39.0 Å². The molecule has 0 spiro atoms. The summed E-state index contributed by atoms with van der Waals surface area (Å²) in [5, 5.41) is 0.